The number of fused-ring (bicyclic) bond motifs is 6. The van der Waals surface area contributed by atoms with Gasteiger partial charge in [-0.1, -0.05) is 48.0 Å². The Kier molecular flexibility index (Phi) is 5.61. The van der Waals surface area contributed by atoms with Gasteiger partial charge in [0.2, 0.25) is 0 Å². The summed E-state index contributed by atoms with van der Waals surface area (Å²) in [5, 5.41) is 4.02. The van der Waals surface area contributed by atoms with E-state index in [0.29, 0.717) is 27.6 Å². The van der Waals surface area contributed by atoms with Crippen LogP contribution < -0.4 is 15.0 Å². The van der Waals surface area contributed by atoms with Crippen LogP contribution in [-0.2, 0) is 10.3 Å². The minimum Gasteiger partial charge on any atom is -0.455 e. The number of carbonyl (C=O) groups is 1. The molecule has 6 rings (SSSR count). The first-order valence-corrected chi connectivity index (χ1v) is 12.9. The Balaban J connectivity index is 1.61. The second-order valence-corrected chi connectivity index (χ2v) is 9.70. The topological polar surface area (TPSA) is 50.8 Å². The molecule has 37 heavy (non-hydrogen) atoms. The van der Waals surface area contributed by atoms with E-state index in [0.717, 1.165) is 46.8 Å². The number of halogens is 1. The van der Waals surface area contributed by atoms with Gasteiger partial charge in [0.15, 0.2) is 11.4 Å². The van der Waals surface area contributed by atoms with Gasteiger partial charge >= 0.3 is 5.97 Å². The van der Waals surface area contributed by atoms with Crippen molar-refractivity contribution >= 4 is 34.6 Å². The number of nitrogens with one attached hydrogen (secondary N) is 1. The van der Waals surface area contributed by atoms with Crippen molar-refractivity contribution in [2.24, 2.45) is 0 Å². The highest BCUT2D eigenvalue weighted by molar-refractivity contribution is 6.35. The van der Waals surface area contributed by atoms with Crippen LogP contribution in [0, 0.1) is 6.92 Å². The highest BCUT2D eigenvalue weighted by Crippen LogP contribution is 2.59. The zero-order chi connectivity index (χ0) is 25.7. The van der Waals surface area contributed by atoms with Gasteiger partial charge in [0, 0.05) is 41.2 Å². The maximum Gasteiger partial charge on any atom is 0.340 e. The van der Waals surface area contributed by atoms with Gasteiger partial charge in [-0.15, -0.1) is 0 Å². The molecule has 1 spiro atoms. The highest BCUT2D eigenvalue weighted by atomic mass is 35.5. The monoisotopic (exact) mass is 510 g/mol. The normalized spacial score (nSPS) is 16.9. The Morgan fingerprint density at radius 1 is 0.892 bits per heavy atom. The van der Waals surface area contributed by atoms with Crippen molar-refractivity contribution in [1.82, 2.24) is 0 Å². The van der Waals surface area contributed by atoms with Gasteiger partial charge in [0.1, 0.15) is 10.8 Å². The maximum absolute atomic E-state index is 13.2. The molecular formula is C31H27ClN2O3. The largest absolute Gasteiger partial charge is 0.455 e. The zero-order valence-corrected chi connectivity index (χ0v) is 21.7. The summed E-state index contributed by atoms with van der Waals surface area (Å²) in [7, 11) is 0. The molecule has 4 aromatic carbocycles. The average molecular weight is 511 g/mol. The standard InChI is InChI=1S/C31H27ClN2O3/c1-4-34(5-2)26-16-15-23-29(28(26)32)36-27-17-19(3)25(33-20-11-7-6-8-12-20)18-24(27)31(23)22-14-10-9-13-21(22)30(35)37-31/h6-18,33H,4-5H2,1-3H3. The fourth-order valence-electron chi connectivity index (χ4n) is 5.46. The van der Waals surface area contributed by atoms with Crippen LogP contribution >= 0.6 is 11.6 Å². The molecule has 0 radical (unpaired) electrons. The van der Waals surface area contributed by atoms with Crippen LogP contribution in [0.2, 0.25) is 5.02 Å². The number of para-hydroxylation sites is 1. The molecule has 2 aliphatic heterocycles. The summed E-state index contributed by atoms with van der Waals surface area (Å²) >= 11 is 7.03. The fraction of sp³-hybridized carbons (Fsp3) is 0.194. The second-order valence-electron chi connectivity index (χ2n) is 9.32. The van der Waals surface area contributed by atoms with Crippen LogP contribution in [-0.4, -0.2) is 19.1 Å². The predicted molar refractivity (Wildman–Crippen MR) is 148 cm³/mol. The van der Waals surface area contributed by atoms with Gasteiger partial charge in [-0.25, -0.2) is 4.79 Å². The SMILES string of the molecule is CCN(CC)c1ccc2c(c1Cl)Oc1cc(C)c(Nc3ccccc3)cc1C21OC(=O)c2ccccc21. The minimum absolute atomic E-state index is 0.364. The first-order valence-electron chi connectivity index (χ1n) is 12.5. The number of nitrogens with zero attached hydrogens (tertiary/aromatic N) is 1. The number of rotatable bonds is 5. The Labute approximate surface area is 221 Å². The lowest BCUT2D eigenvalue weighted by atomic mass is 9.77. The van der Waals surface area contributed by atoms with Crippen molar-refractivity contribution in [2.45, 2.75) is 26.4 Å². The van der Waals surface area contributed by atoms with Crippen LogP contribution in [0.5, 0.6) is 11.5 Å². The summed E-state index contributed by atoms with van der Waals surface area (Å²) in [6.45, 7) is 7.83. The van der Waals surface area contributed by atoms with Crippen LogP contribution in [0.3, 0.4) is 0 Å². The summed E-state index contributed by atoms with van der Waals surface area (Å²) in [5.41, 5.74) is 5.38. The first-order chi connectivity index (χ1) is 18.0. The van der Waals surface area contributed by atoms with Crippen LogP contribution in [0.1, 0.15) is 46.5 Å². The van der Waals surface area contributed by atoms with Gasteiger partial charge in [-0.3, -0.25) is 0 Å². The molecule has 0 aromatic heterocycles. The molecule has 0 fully saturated rings. The van der Waals surface area contributed by atoms with E-state index in [1.165, 1.54) is 0 Å². The number of carbonyl (C=O) groups excluding carboxylic acids is 1. The number of hydrogen-bond acceptors (Lipinski definition) is 5. The van der Waals surface area contributed by atoms with Gasteiger partial charge in [-0.2, -0.15) is 0 Å². The van der Waals surface area contributed by atoms with Crippen LogP contribution in [0.4, 0.5) is 17.1 Å². The molecule has 1 N–H and O–H groups in total. The number of ether oxygens (including phenoxy) is 2. The smallest absolute Gasteiger partial charge is 0.340 e. The van der Waals surface area contributed by atoms with E-state index in [2.05, 4.69) is 24.1 Å². The van der Waals surface area contributed by atoms with E-state index in [4.69, 9.17) is 21.1 Å². The van der Waals surface area contributed by atoms with E-state index in [1.54, 1.807) is 0 Å². The molecule has 0 amide bonds. The third-order valence-electron chi connectivity index (χ3n) is 7.30. The van der Waals surface area contributed by atoms with Crippen molar-refractivity contribution in [3.8, 4) is 11.5 Å². The number of benzene rings is 4. The van der Waals surface area contributed by atoms with E-state index in [-0.39, 0.29) is 5.97 Å². The van der Waals surface area contributed by atoms with Crippen LogP contribution in [0.15, 0.2) is 78.9 Å². The number of anilines is 3. The summed E-state index contributed by atoms with van der Waals surface area (Å²) < 4.78 is 12.9. The first kappa shape index (κ1) is 23.4. The van der Waals surface area contributed by atoms with E-state index >= 15 is 0 Å². The Morgan fingerprint density at radius 2 is 1.62 bits per heavy atom. The molecule has 2 heterocycles. The third-order valence-corrected chi connectivity index (χ3v) is 7.67. The summed E-state index contributed by atoms with van der Waals surface area (Å²) in [4.78, 5) is 15.4. The molecule has 0 saturated carbocycles. The van der Waals surface area contributed by atoms with Crippen molar-refractivity contribution in [3.63, 3.8) is 0 Å². The lowest BCUT2D eigenvalue weighted by molar-refractivity contribution is 0.0224. The van der Waals surface area contributed by atoms with Crippen molar-refractivity contribution in [3.05, 3.63) is 112 Å². The van der Waals surface area contributed by atoms with Crippen LogP contribution in [0.25, 0.3) is 0 Å². The molecular weight excluding hydrogens is 484 g/mol. The van der Waals surface area contributed by atoms with E-state index in [9.17, 15) is 4.79 Å². The summed E-state index contributed by atoms with van der Waals surface area (Å²) in [6.07, 6.45) is 0. The lowest BCUT2D eigenvalue weighted by Crippen LogP contribution is -2.33. The quantitative estimate of drug-likeness (QED) is 0.277. The van der Waals surface area contributed by atoms with E-state index < -0.39 is 5.60 Å². The Hall–Kier alpha value is -3.96. The minimum atomic E-state index is -1.18. The van der Waals surface area contributed by atoms with Crippen molar-refractivity contribution < 1.29 is 14.3 Å². The number of hydrogen-bond donors (Lipinski definition) is 1. The van der Waals surface area contributed by atoms with Gasteiger partial charge in [0.05, 0.1) is 11.3 Å². The van der Waals surface area contributed by atoms with Crippen molar-refractivity contribution in [1.29, 1.82) is 0 Å². The molecule has 0 saturated heterocycles. The maximum atomic E-state index is 13.2. The van der Waals surface area contributed by atoms with Crippen molar-refractivity contribution in [2.75, 3.05) is 23.3 Å². The van der Waals surface area contributed by atoms with Gasteiger partial charge < -0.3 is 19.7 Å². The Bertz CT molecular complexity index is 1530. The summed E-state index contributed by atoms with van der Waals surface area (Å²) in [6, 6.07) is 25.5. The fourth-order valence-corrected chi connectivity index (χ4v) is 5.78. The Morgan fingerprint density at radius 3 is 2.38 bits per heavy atom. The zero-order valence-electron chi connectivity index (χ0n) is 21.0. The molecule has 2 aliphatic rings. The van der Waals surface area contributed by atoms with E-state index in [1.807, 2.05) is 85.8 Å². The third kappa shape index (κ3) is 3.49. The molecule has 0 bridgehead atoms. The highest BCUT2D eigenvalue weighted by Gasteiger charge is 2.54. The molecule has 1 unspecified atom stereocenters. The number of aryl methyl sites for hydroxylation is 1. The van der Waals surface area contributed by atoms with Gasteiger partial charge in [-0.05, 0) is 68.8 Å². The molecule has 5 nitrogen and oxygen atoms in total. The predicted octanol–water partition coefficient (Wildman–Crippen LogP) is 7.81. The molecule has 186 valence electrons. The lowest BCUT2D eigenvalue weighted by Gasteiger charge is -2.38. The molecule has 6 heteroatoms. The average Bonchev–Trinajstić information content (AvgIpc) is 3.21. The van der Waals surface area contributed by atoms with Gasteiger partial charge in [0.25, 0.3) is 0 Å². The molecule has 1 atom stereocenters. The molecule has 4 aromatic rings. The summed E-state index contributed by atoms with van der Waals surface area (Å²) in [5.74, 6) is 0.773. The number of esters is 1. The second kappa shape index (κ2) is 8.86. The molecule has 0 aliphatic carbocycles.